The molecule has 34 heavy (non-hydrogen) atoms. The molecule has 0 radical (unpaired) electrons. The maximum absolute atomic E-state index is 12.6. The van der Waals surface area contributed by atoms with Crippen molar-refractivity contribution in [3.05, 3.63) is 69.2 Å². The molecule has 2 N–H and O–H groups in total. The number of amides is 2. The van der Waals surface area contributed by atoms with E-state index in [1.807, 2.05) is 18.2 Å². The third kappa shape index (κ3) is 8.95. The number of unbranched alkanes of at least 4 members (excludes halogenated alkanes) is 2. The van der Waals surface area contributed by atoms with Crippen LogP contribution in [0.25, 0.3) is 6.08 Å². The van der Waals surface area contributed by atoms with Crippen molar-refractivity contribution in [2.75, 3.05) is 31.5 Å². The molecule has 1 aliphatic rings. The van der Waals surface area contributed by atoms with Gasteiger partial charge in [-0.1, -0.05) is 53.4 Å². The quantitative estimate of drug-likeness (QED) is 0.284. The number of hydrogen-bond acceptors (Lipinski definition) is 3. The van der Waals surface area contributed by atoms with Crippen molar-refractivity contribution < 1.29 is 9.59 Å². The highest BCUT2D eigenvalue weighted by Gasteiger charge is 2.25. The first kappa shape index (κ1) is 26.6. The second-order valence-electron chi connectivity index (χ2n) is 8.50. The summed E-state index contributed by atoms with van der Waals surface area (Å²) < 4.78 is 0. The molecule has 0 bridgehead atoms. The molecule has 0 aliphatic carbocycles. The van der Waals surface area contributed by atoms with Crippen molar-refractivity contribution in [3.63, 3.8) is 0 Å². The van der Waals surface area contributed by atoms with Crippen LogP contribution in [0.4, 0.5) is 5.69 Å². The van der Waals surface area contributed by atoms with Gasteiger partial charge in [-0.2, -0.15) is 0 Å². The Labute approximate surface area is 216 Å². The standard InChI is InChI=1S/C26H30Cl3N3O2/c27-21-7-4-8-22(17-21)31-26(34)20-6-5-15-32(18-20)14-3-1-2-13-30-25(33)12-10-19-9-11-23(28)24(29)16-19/h4,7-12,16-17,20H,1-3,5-6,13-15,18H2,(H,30,33)(H,31,34)/b12-10+. The number of carbonyl (C=O) groups excluding carboxylic acids is 2. The summed E-state index contributed by atoms with van der Waals surface area (Å²) in [6, 6.07) is 12.5. The molecule has 2 aromatic rings. The number of halogens is 3. The van der Waals surface area contributed by atoms with E-state index in [9.17, 15) is 9.59 Å². The molecular weight excluding hydrogens is 493 g/mol. The average Bonchev–Trinajstić information content (AvgIpc) is 2.82. The van der Waals surface area contributed by atoms with Gasteiger partial charge in [0.2, 0.25) is 11.8 Å². The number of benzene rings is 2. The van der Waals surface area contributed by atoms with Crippen molar-refractivity contribution in [2.45, 2.75) is 32.1 Å². The van der Waals surface area contributed by atoms with Gasteiger partial charge in [-0.15, -0.1) is 0 Å². The Hall–Kier alpha value is -2.05. The van der Waals surface area contributed by atoms with Crippen molar-refractivity contribution in [3.8, 4) is 0 Å². The molecule has 2 aromatic carbocycles. The van der Waals surface area contributed by atoms with E-state index in [-0.39, 0.29) is 17.7 Å². The van der Waals surface area contributed by atoms with E-state index in [2.05, 4.69) is 15.5 Å². The number of nitrogens with one attached hydrogen (secondary N) is 2. The highest BCUT2D eigenvalue weighted by molar-refractivity contribution is 6.42. The summed E-state index contributed by atoms with van der Waals surface area (Å²) in [5.41, 5.74) is 1.56. The summed E-state index contributed by atoms with van der Waals surface area (Å²) in [6.45, 7) is 3.40. The summed E-state index contributed by atoms with van der Waals surface area (Å²) in [5, 5.41) is 7.46. The van der Waals surface area contributed by atoms with Gasteiger partial charge in [0.05, 0.1) is 16.0 Å². The summed E-state index contributed by atoms with van der Waals surface area (Å²) in [6.07, 6.45) is 8.12. The normalized spacial score (nSPS) is 16.5. The van der Waals surface area contributed by atoms with Crippen LogP contribution in [0, 0.1) is 5.92 Å². The Balaban J connectivity index is 1.29. The van der Waals surface area contributed by atoms with Gasteiger partial charge in [0.25, 0.3) is 0 Å². The maximum atomic E-state index is 12.6. The molecular formula is C26H30Cl3N3O2. The fourth-order valence-corrected chi connectivity index (χ4v) is 4.48. The summed E-state index contributed by atoms with van der Waals surface area (Å²) >= 11 is 17.9. The van der Waals surface area contributed by atoms with Gasteiger partial charge in [0.1, 0.15) is 0 Å². The predicted molar refractivity (Wildman–Crippen MR) is 142 cm³/mol. The van der Waals surface area contributed by atoms with Gasteiger partial charge in [0.15, 0.2) is 0 Å². The van der Waals surface area contributed by atoms with Crippen LogP contribution in [0.5, 0.6) is 0 Å². The number of rotatable bonds is 10. The minimum atomic E-state index is -0.129. The number of likely N-dealkylation sites (tertiary alicyclic amines) is 1. The number of hydrogen-bond donors (Lipinski definition) is 2. The summed E-state index contributed by atoms with van der Waals surface area (Å²) in [7, 11) is 0. The Morgan fingerprint density at radius 2 is 1.88 bits per heavy atom. The number of anilines is 1. The lowest BCUT2D eigenvalue weighted by Gasteiger charge is -2.32. The molecule has 0 saturated carbocycles. The molecule has 8 heteroatoms. The molecule has 1 fully saturated rings. The topological polar surface area (TPSA) is 61.4 Å². The first-order valence-corrected chi connectivity index (χ1v) is 12.7. The van der Waals surface area contributed by atoms with E-state index in [1.54, 1.807) is 30.3 Å². The summed E-state index contributed by atoms with van der Waals surface area (Å²) in [5.74, 6) is -0.0754. The molecule has 3 rings (SSSR count). The highest BCUT2D eigenvalue weighted by atomic mass is 35.5. The van der Waals surface area contributed by atoms with Crippen molar-refractivity contribution in [1.82, 2.24) is 10.2 Å². The van der Waals surface area contributed by atoms with Crippen LogP contribution in [0.3, 0.4) is 0 Å². The Bertz CT molecular complexity index is 1010. The van der Waals surface area contributed by atoms with Gasteiger partial charge in [0, 0.05) is 29.9 Å². The molecule has 1 saturated heterocycles. The van der Waals surface area contributed by atoms with Crippen molar-refractivity contribution in [1.29, 1.82) is 0 Å². The van der Waals surface area contributed by atoms with Crippen LogP contribution in [-0.4, -0.2) is 42.9 Å². The molecule has 1 unspecified atom stereocenters. The van der Waals surface area contributed by atoms with Crippen molar-refractivity contribution in [2.24, 2.45) is 5.92 Å². The smallest absolute Gasteiger partial charge is 0.243 e. The minimum Gasteiger partial charge on any atom is -0.353 e. The SMILES string of the molecule is O=C(/C=C/c1ccc(Cl)c(Cl)c1)NCCCCCN1CCCC(C(=O)Nc2cccc(Cl)c2)C1. The molecule has 1 atom stereocenters. The zero-order valence-electron chi connectivity index (χ0n) is 19.0. The molecule has 1 aliphatic heterocycles. The van der Waals surface area contributed by atoms with Crippen LogP contribution < -0.4 is 10.6 Å². The zero-order chi connectivity index (χ0) is 24.3. The lowest BCUT2D eigenvalue weighted by atomic mass is 9.96. The fourth-order valence-electron chi connectivity index (χ4n) is 3.98. The van der Waals surface area contributed by atoms with E-state index in [1.165, 1.54) is 6.08 Å². The fraction of sp³-hybridized carbons (Fsp3) is 0.385. The van der Waals surface area contributed by atoms with Gasteiger partial charge in [-0.3, -0.25) is 9.59 Å². The van der Waals surface area contributed by atoms with Crippen molar-refractivity contribution >= 4 is 58.4 Å². The zero-order valence-corrected chi connectivity index (χ0v) is 21.3. The first-order valence-electron chi connectivity index (χ1n) is 11.6. The third-order valence-electron chi connectivity index (χ3n) is 5.79. The Kier molecular flexibility index (Phi) is 10.7. The van der Waals surface area contributed by atoms with E-state index in [4.69, 9.17) is 34.8 Å². The van der Waals surface area contributed by atoms with E-state index >= 15 is 0 Å². The number of nitrogens with zero attached hydrogens (tertiary/aromatic N) is 1. The Morgan fingerprint density at radius 3 is 2.68 bits per heavy atom. The van der Waals surface area contributed by atoms with E-state index in [0.29, 0.717) is 21.6 Å². The van der Waals surface area contributed by atoms with E-state index < -0.39 is 0 Å². The van der Waals surface area contributed by atoms with E-state index in [0.717, 1.165) is 63.0 Å². The lowest BCUT2D eigenvalue weighted by molar-refractivity contribution is -0.121. The largest absolute Gasteiger partial charge is 0.353 e. The van der Waals surface area contributed by atoms with Crippen LogP contribution in [0.1, 0.15) is 37.7 Å². The number of carbonyl (C=O) groups is 2. The summed E-state index contributed by atoms with van der Waals surface area (Å²) in [4.78, 5) is 27.0. The third-order valence-corrected chi connectivity index (χ3v) is 6.76. The van der Waals surface area contributed by atoms with Gasteiger partial charge in [-0.05, 0) is 80.7 Å². The predicted octanol–water partition coefficient (Wildman–Crippen LogP) is 6.30. The second kappa shape index (κ2) is 13.7. The molecule has 1 heterocycles. The monoisotopic (exact) mass is 521 g/mol. The van der Waals surface area contributed by atoms with Gasteiger partial charge >= 0.3 is 0 Å². The van der Waals surface area contributed by atoms with Crippen LogP contribution in [-0.2, 0) is 9.59 Å². The molecule has 2 amide bonds. The Morgan fingerprint density at radius 1 is 1.03 bits per heavy atom. The van der Waals surface area contributed by atoms with Gasteiger partial charge in [-0.25, -0.2) is 0 Å². The average molecular weight is 523 g/mol. The minimum absolute atomic E-state index is 0.00525. The molecule has 5 nitrogen and oxygen atoms in total. The first-order chi connectivity index (χ1) is 16.4. The van der Waals surface area contributed by atoms with Crippen LogP contribution in [0.15, 0.2) is 48.5 Å². The van der Waals surface area contributed by atoms with Gasteiger partial charge < -0.3 is 15.5 Å². The highest BCUT2D eigenvalue weighted by Crippen LogP contribution is 2.23. The van der Waals surface area contributed by atoms with Crippen LogP contribution >= 0.6 is 34.8 Å². The number of piperidine rings is 1. The second-order valence-corrected chi connectivity index (χ2v) is 9.75. The molecule has 0 aromatic heterocycles. The molecule has 182 valence electrons. The maximum Gasteiger partial charge on any atom is 0.243 e. The molecule has 0 spiro atoms. The van der Waals surface area contributed by atoms with Crippen LogP contribution in [0.2, 0.25) is 15.1 Å². The lowest BCUT2D eigenvalue weighted by Crippen LogP contribution is -2.41.